The topological polar surface area (TPSA) is 0 Å². The minimum absolute atomic E-state index is 0.456. The van der Waals surface area contributed by atoms with E-state index in [1.807, 2.05) is 11.3 Å². The van der Waals surface area contributed by atoms with Crippen molar-refractivity contribution in [3.63, 3.8) is 0 Å². The molecule has 0 amide bonds. The summed E-state index contributed by atoms with van der Waals surface area (Å²) in [7, 11) is 0. The lowest BCUT2D eigenvalue weighted by atomic mass is 9.68. The number of benzene rings is 12. The van der Waals surface area contributed by atoms with Crippen LogP contribution >= 0.6 is 11.3 Å². The standard InChI is InChI=1S/C63H36S/c1-2-15-39-36-58-54(34-38(39)14-1)53-35-42(28-32-57(53)64-58)60-49-21-7-5-19-47(49)59(48-20-6-8-22-50(48)60)41-27-29-44-40(33-41)26-31-52-51-30-25-37-13-3-4-16-43(37)61(51)63(62(44)52)55-23-11-9-17-45(55)46-18-10-12-24-56(46)63/h1-36H. The molecule has 15 rings (SSSR count). The lowest BCUT2D eigenvalue weighted by Crippen LogP contribution is -2.26. The van der Waals surface area contributed by atoms with Crippen LogP contribution in [0.5, 0.6) is 0 Å². The van der Waals surface area contributed by atoms with Crippen LogP contribution in [0.1, 0.15) is 22.3 Å². The van der Waals surface area contributed by atoms with Crippen molar-refractivity contribution in [2.75, 3.05) is 0 Å². The van der Waals surface area contributed by atoms with Crippen LogP contribution in [0.25, 0.3) is 119 Å². The van der Waals surface area contributed by atoms with Gasteiger partial charge in [-0.15, -0.1) is 11.3 Å². The summed E-state index contributed by atoms with van der Waals surface area (Å²) >= 11 is 1.89. The van der Waals surface area contributed by atoms with Gasteiger partial charge < -0.3 is 0 Å². The molecular weight excluding hydrogens is 789 g/mol. The highest BCUT2D eigenvalue weighted by molar-refractivity contribution is 7.25. The van der Waals surface area contributed by atoms with E-state index in [1.54, 1.807) is 0 Å². The maximum atomic E-state index is 2.47. The van der Waals surface area contributed by atoms with Crippen molar-refractivity contribution >= 4 is 85.4 Å². The molecule has 0 atom stereocenters. The Labute approximate surface area is 373 Å². The lowest BCUT2D eigenvalue weighted by molar-refractivity contribution is 0.809. The Balaban J connectivity index is 0.981. The fraction of sp³-hybridized carbons (Fsp3) is 0.0159. The van der Waals surface area contributed by atoms with Gasteiger partial charge in [0.25, 0.3) is 0 Å². The van der Waals surface area contributed by atoms with Gasteiger partial charge in [0.05, 0.1) is 5.41 Å². The van der Waals surface area contributed by atoms with Crippen LogP contribution < -0.4 is 0 Å². The zero-order valence-electron chi connectivity index (χ0n) is 34.7. The Morgan fingerprint density at radius 2 is 0.734 bits per heavy atom. The van der Waals surface area contributed by atoms with Crippen molar-refractivity contribution in [1.82, 2.24) is 0 Å². The molecule has 1 aromatic heterocycles. The molecule has 1 spiro atoms. The molecule has 0 fully saturated rings. The molecule has 0 saturated carbocycles. The first-order valence-corrected chi connectivity index (χ1v) is 23.1. The van der Waals surface area contributed by atoms with Gasteiger partial charge in [-0.2, -0.15) is 0 Å². The molecule has 0 nitrogen and oxygen atoms in total. The van der Waals surface area contributed by atoms with E-state index in [-0.39, 0.29) is 0 Å². The van der Waals surface area contributed by atoms with E-state index in [9.17, 15) is 0 Å². The Morgan fingerprint density at radius 1 is 0.266 bits per heavy atom. The van der Waals surface area contributed by atoms with Crippen LogP contribution in [0.4, 0.5) is 0 Å². The molecule has 0 aliphatic heterocycles. The van der Waals surface area contributed by atoms with Crippen molar-refractivity contribution in [2.45, 2.75) is 5.41 Å². The molecule has 0 N–H and O–H groups in total. The number of fused-ring (bicyclic) bond motifs is 20. The van der Waals surface area contributed by atoms with Gasteiger partial charge in [0, 0.05) is 20.2 Å². The molecular formula is C63H36S. The van der Waals surface area contributed by atoms with E-state index < -0.39 is 5.41 Å². The molecule has 12 aromatic carbocycles. The fourth-order valence-electron chi connectivity index (χ4n) is 12.3. The van der Waals surface area contributed by atoms with Gasteiger partial charge >= 0.3 is 0 Å². The quantitative estimate of drug-likeness (QED) is 0.152. The summed E-state index contributed by atoms with van der Waals surface area (Å²) < 4.78 is 2.66. The summed E-state index contributed by atoms with van der Waals surface area (Å²) in [5, 5.41) is 15.5. The summed E-state index contributed by atoms with van der Waals surface area (Å²) in [5.41, 5.74) is 15.5. The minimum atomic E-state index is -0.456. The third-order valence-corrected chi connectivity index (χ3v) is 15.9. The van der Waals surface area contributed by atoms with E-state index in [4.69, 9.17) is 0 Å². The maximum Gasteiger partial charge on any atom is 0.0737 e. The van der Waals surface area contributed by atoms with Gasteiger partial charge in [-0.3, -0.25) is 0 Å². The molecule has 64 heavy (non-hydrogen) atoms. The molecule has 1 heteroatoms. The zero-order valence-corrected chi connectivity index (χ0v) is 35.5. The number of rotatable bonds is 2. The SMILES string of the molecule is c1ccc2c(c1)-c1ccccc1C21c2c(ccc3ccccc23)-c2ccc3cc(-c4c5ccccc5c(-c5ccc6sc7cc8ccccc8cc7c6c5)c5ccccc45)ccc3c21. The molecule has 0 saturated heterocycles. The summed E-state index contributed by atoms with van der Waals surface area (Å²) in [6.45, 7) is 0. The Morgan fingerprint density at radius 3 is 1.38 bits per heavy atom. The van der Waals surface area contributed by atoms with Gasteiger partial charge in [0.15, 0.2) is 0 Å². The van der Waals surface area contributed by atoms with E-state index >= 15 is 0 Å². The summed E-state index contributed by atoms with van der Waals surface area (Å²) in [4.78, 5) is 0. The average molecular weight is 825 g/mol. The monoisotopic (exact) mass is 824 g/mol. The van der Waals surface area contributed by atoms with Crippen LogP contribution in [-0.2, 0) is 5.41 Å². The number of hydrogen-bond donors (Lipinski definition) is 0. The first kappa shape index (κ1) is 34.7. The van der Waals surface area contributed by atoms with E-state index in [0.717, 1.165) is 0 Å². The van der Waals surface area contributed by atoms with Crippen molar-refractivity contribution in [2.24, 2.45) is 0 Å². The smallest absolute Gasteiger partial charge is 0.0737 e. The number of thiophene rings is 1. The van der Waals surface area contributed by atoms with Gasteiger partial charge in [-0.05, 0) is 151 Å². The molecule has 0 unspecified atom stereocenters. The molecule has 294 valence electrons. The fourth-order valence-corrected chi connectivity index (χ4v) is 13.4. The summed E-state index contributed by atoms with van der Waals surface area (Å²) in [5.74, 6) is 0. The van der Waals surface area contributed by atoms with Crippen molar-refractivity contribution in [3.05, 3.63) is 241 Å². The summed E-state index contributed by atoms with van der Waals surface area (Å²) in [6, 6.07) is 82.9. The van der Waals surface area contributed by atoms with Crippen LogP contribution in [0.3, 0.4) is 0 Å². The van der Waals surface area contributed by atoms with Crippen molar-refractivity contribution < 1.29 is 0 Å². The Bertz CT molecular complexity index is 4100. The van der Waals surface area contributed by atoms with E-state index in [1.165, 1.54) is 141 Å². The Hall–Kier alpha value is -7.84. The van der Waals surface area contributed by atoms with Crippen molar-refractivity contribution in [3.8, 4) is 44.5 Å². The highest BCUT2D eigenvalue weighted by Crippen LogP contribution is 2.65. The largest absolute Gasteiger partial charge is 0.135 e. The molecule has 0 bridgehead atoms. The van der Waals surface area contributed by atoms with Crippen molar-refractivity contribution in [1.29, 1.82) is 0 Å². The van der Waals surface area contributed by atoms with E-state index in [0.29, 0.717) is 0 Å². The number of hydrogen-bond acceptors (Lipinski definition) is 1. The predicted octanol–water partition coefficient (Wildman–Crippen LogP) is 17.5. The van der Waals surface area contributed by atoms with Gasteiger partial charge in [-0.25, -0.2) is 0 Å². The van der Waals surface area contributed by atoms with Crippen LogP contribution in [0.2, 0.25) is 0 Å². The first-order chi connectivity index (χ1) is 31.7. The van der Waals surface area contributed by atoms with E-state index in [2.05, 4.69) is 218 Å². The van der Waals surface area contributed by atoms with Gasteiger partial charge in [0.1, 0.15) is 0 Å². The second-order valence-corrected chi connectivity index (χ2v) is 18.9. The van der Waals surface area contributed by atoms with Crippen LogP contribution in [0.15, 0.2) is 218 Å². The highest BCUT2D eigenvalue weighted by atomic mass is 32.1. The van der Waals surface area contributed by atoms with Crippen LogP contribution in [-0.4, -0.2) is 0 Å². The second kappa shape index (κ2) is 12.6. The zero-order chi connectivity index (χ0) is 41.7. The van der Waals surface area contributed by atoms with Gasteiger partial charge in [-0.1, -0.05) is 188 Å². The molecule has 0 radical (unpaired) electrons. The minimum Gasteiger partial charge on any atom is -0.135 e. The molecule has 2 aliphatic carbocycles. The Kier molecular flexibility index (Phi) is 6.85. The highest BCUT2D eigenvalue weighted by Gasteiger charge is 2.53. The lowest BCUT2D eigenvalue weighted by Gasteiger charge is -2.32. The second-order valence-electron chi connectivity index (χ2n) is 17.8. The normalized spacial score (nSPS) is 13.4. The maximum absolute atomic E-state index is 2.47. The first-order valence-electron chi connectivity index (χ1n) is 22.3. The predicted molar refractivity (Wildman–Crippen MR) is 274 cm³/mol. The third-order valence-electron chi connectivity index (χ3n) is 14.8. The van der Waals surface area contributed by atoms with Gasteiger partial charge in [0.2, 0.25) is 0 Å². The van der Waals surface area contributed by atoms with Crippen LogP contribution in [0, 0.1) is 0 Å². The molecule has 13 aromatic rings. The summed E-state index contributed by atoms with van der Waals surface area (Å²) in [6.07, 6.45) is 0. The molecule has 2 aliphatic rings. The third kappa shape index (κ3) is 4.42. The average Bonchev–Trinajstić information content (AvgIpc) is 3.98. The molecule has 1 heterocycles.